The molecule has 0 bridgehead atoms. The maximum atomic E-state index is 11.8. The van der Waals surface area contributed by atoms with Gasteiger partial charge in [0.05, 0.1) is 4.92 Å². The molecule has 1 aromatic rings. The number of carbonyl (C=O) groups excluding carboxylic acids is 4. The van der Waals surface area contributed by atoms with Crippen LogP contribution >= 0.6 is 0 Å². The molecule has 0 amide bonds. The predicted octanol–water partition coefficient (Wildman–Crippen LogP) is 1.09. The van der Waals surface area contributed by atoms with E-state index in [1.54, 1.807) is 0 Å². The maximum absolute atomic E-state index is 11.8. The molecule has 0 aromatic heterocycles. The van der Waals surface area contributed by atoms with E-state index in [1.165, 1.54) is 24.3 Å². The summed E-state index contributed by atoms with van der Waals surface area (Å²) in [4.78, 5) is 57.5. The van der Waals surface area contributed by atoms with Crippen molar-refractivity contribution in [2.75, 3.05) is 11.9 Å². The van der Waals surface area contributed by atoms with Gasteiger partial charge in [-0.05, 0) is 6.07 Å². The van der Waals surface area contributed by atoms with Crippen molar-refractivity contribution in [3.8, 4) is 0 Å². The van der Waals surface area contributed by atoms with Crippen molar-refractivity contribution in [2.45, 2.75) is 58.3 Å². The van der Waals surface area contributed by atoms with Crippen molar-refractivity contribution in [3.63, 3.8) is 0 Å². The number of carbonyl (C=O) groups is 4. The van der Waals surface area contributed by atoms with Gasteiger partial charge < -0.3 is 29.0 Å². The van der Waals surface area contributed by atoms with Gasteiger partial charge in [-0.15, -0.1) is 0 Å². The van der Waals surface area contributed by atoms with Crippen LogP contribution < -0.4 is 5.32 Å². The van der Waals surface area contributed by atoms with Gasteiger partial charge in [-0.3, -0.25) is 29.3 Å². The molecule has 1 saturated heterocycles. The lowest BCUT2D eigenvalue weighted by Gasteiger charge is -2.44. The molecule has 0 saturated carbocycles. The van der Waals surface area contributed by atoms with E-state index in [-0.39, 0.29) is 11.4 Å². The lowest BCUT2D eigenvalue weighted by molar-refractivity contribution is -0.384. The van der Waals surface area contributed by atoms with Crippen molar-refractivity contribution in [1.29, 1.82) is 0 Å². The van der Waals surface area contributed by atoms with E-state index >= 15 is 0 Å². The van der Waals surface area contributed by atoms with Gasteiger partial charge in [0.1, 0.15) is 18.4 Å². The predicted molar refractivity (Wildman–Crippen MR) is 109 cm³/mol. The first-order valence-electron chi connectivity index (χ1n) is 9.80. The number of anilines is 1. The fraction of sp³-hybridized carbons (Fsp3) is 0.500. The van der Waals surface area contributed by atoms with Gasteiger partial charge in [0.15, 0.2) is 24.5 Å². The van der Waals surface area contributed by atoms with Crippen LogP contribution in [0, 0.1) is 10.1 Å². The Hall–Kier alpha value is -3.74. The van der Waals surface area contributed by atoms with Crippen LogP contribution in [-0.4, -0.2) is 66.1 Å². The topological polar surface area (TPSA) is 170 Å². The van der Waals surface area contributed by atoms with Gasteiger partial charge in [-0.1, -0.05) is 12.1 Å². The summed E-state index contributed by atoms with van der Waals surface area (Å²) in [5.41, 5.74) is -0.284. The van der Waals surface area contributed by atoms with Crippen molar-refractivity contribution < 1.29 is 47.8 Å². The third-order valence-corrected chi connectivity index (χ3v) is 4.39. The van der Waals surface area contributed by atoms with Crippen LogP contribution in [0.3, 0.4) is 0 Å². The Labute approximate surface area is 188 Å². The van der Waals surface area contributed by atoms with Gasteiger partial charge in [-0.2, -0.15) is 0 Å². The smallest absolute Gasteiger partial charge is 0.303 e. The summed E-state index contributed by atoms with van der Waals surface area (Å²) >= 11 is 0. The zero-order valence-electron chi connectivity index (χ0n) is 18.3. The molecular weight excluding hydrogens is 444 g/mol. The summed E-state index contributed by atoms with van der Waals surface area (Å²) in [7, 11) is 0. The number of nitrogens with one attached hydrogen (secondary N) is 1. The molecule has 1 N–H and O–H groups in total. The molecule has 1 fully saturated rings. The third-order valence-electron chi connectivity index (χ3n) is 4.39. The van der Waals surface area contributed by atoms with Crippen LogP contribution in [0.5, 0.6) is 0 Å². The molecular formula is C20H24N2O11. The highest BCUT2D eigenvalue weighted by molar-refractivity contribution is 5.69. The fourth-order valence-corrected chi connectivity index (χ4v) is 3.25. The summed E-state index contributed by atoms with van der Waals surface area (Å²) in [6, 6.07) is 5.62. The van der Waals surface area contributed by atoms with E-state index in [1.807, 2.05) is 0 Å². The number of hydrogen-bond acceptors (Lipinski definition) is 12. The van der Waals surface area contributed by atoms with E-state index in [4.69, 9.17) is 23.7 Å². The zero-order chi connectivity index (χ0) is 24.7. The van der Waals surface area contributed by atoms with E-state index in [0.29, 0.717) is 0 Å². The average molecular weight is 468 g/mol. The van der Waals surface area contributed by atoms with Gasteiger partial charge in [-0.25, -0.2) is 0 Å². The Morgan fingerprint density at radius 3 is 2.00 bits per heavy atom. The van der Waals surface area contributed by atoms with Crippen molar-refractivity contribution in [3.05, 3.63) is 34.4 Å². The zero-order valence-corrected chi connectivity index (χ0v) is 18.3. The molecule has 0 aliphatic carbocycles. The molecule has 1 aliphatic rings. The average Bonchev–Trinajstić information content (AvgIpc) is 2.70. The molecule has 5 atom stereocenters. The van der Waals surface area contributed by atoms with Crippen LogP contribution in [-0.2, 0) is 42.9 Å². The number of rotatable bonds is 8. The van der Waals surface area contributed by atoms with Crippen molar-refractivity contribution in [1.82, 2.24) is 0 Å². The molecule has 0 radical (unpaired) electrons. The molecule has 1 aromatic carbocycles. The van der Waals surface area contributed by atoms with Crippen LogP contribution in [0.15, 0.2) is 24.3 Å². The number of ether oxygens (including phenoxy) is 5. The second kappa shape index (κ2) is 11.2. The number of hydrogen-bond donors (Lipinski definition) is 1. The summed E-state index contributed by atoms with van der Waals surface area (Å²) in [6.45, 7) is 4.03. The Balaban J connectivity index is 2.51. The minimum atomic E-state index is -1.39. The van der Waals surface area contributed by atoms with Crippen LogP contribution in [0.1, 0.15) is 27.7 Å². The first kappa shape index (κ1) is 25.5. The van der Waals surface area contributed by atoms with Crippen LogP contribution in [0.25, 0.3) is 0 Å². The highest BCUT2D eigenvalue weighted by Crippen LogP contribution is 2.32. The lowest BCUT2D eigenvalue weighted by Crippen LogP contribution is -2.64. The second-order valence-electron chi connectivity index (χ2n) is 7.04. The maximum Gasteiger partial charge on any atom is 0.303 e. The Morgan fingerprint density at radius 2 is 1.45 bits per heavy atom. The highest BCUT2D eigenvalue weighted by Gasteiger charge is 2.52. The largest absolute Gasteiger partial charge is 0.463 e. The number of nitro benzene ring substituents is 1. The molecule has 1 heterocycles. The summed E-state index contributed by atoms with van der Waals surface area (Å²) in [6.07, 6.45) is -6.58. The number of para-hydroxylation sites is 2. The van der Waals surface area contributed by atoms with Crippen LogP contribution in [0.2, 0.25) is 0 Å². The Bertz CT molecular complexity index is 919. The van der Waals surface area contributed by atoms with Gasteiger partial charge in [0, 0.05) is 33.8 Å². The number of nitrogens with zero attached hydrogens (tertiary/aromatic N) is 1. The van der Waals surface area contributed by atoms with Crippen molar-refractivity contribution >= 4 is 35.3 Å². The molecule has 33 heavy (non-hydrogen) atoms. The normalized spacial score (nSPS) is 24.2. The van der Waals surface area contributed by atoms with Gasteiger partial charge in [0.2, 0.25) is 0 Å². The first-order chi connectivity index (χ1) is 15.5. The molecule has 2 rings (SSSR count). The van der Waals surface area contributed by atoms with E-state index in [9.17, 15) is 29.3 Å². The Morgan fingerprint density at radius 1 is 0.909 bits per heavy atom. The first-order valence-corrected chi connectivity index (χ1v) is 9.80. The molecule has 0 spiro atoms. The highest BCUT2D eigenvalue weighted by atomic mass is 16.7. The molecule has 13 nitrogen and oxygen atoms in total. The van der Waals surface area contributed by atoms with Gasteiger partial charge in [0.25, 0.3) is 5.69 Å². The molecule has 13 heteroatoms. The third kappa shape index (κ3) is 7.14. The second-order valence-corrected chi connectivity index (χ2v) is 7.04. The lowest BCUT2D eigenvalue weighted by atomic mass is 9.97. The van der Waals surface area contributed by atoms with E-state index in [0.717, 1.165) is 27.7 Å². The van der Waals surface area contributed by atoms with Crippen molar-refractivity contribution in [2.24, 2.45) is 0 Å². The van der Waals surface area contributed by atoms with Gasteiger partial charge >= 0.3 is 23.9 Å². The quantitative estimate of drug-likeness (QED) is 0.250. The van der Waals surface area contributed by atoms with Crippen LogP contribution in [0.4, 0.5) is 11.4 Å². The monoisotopic (exact) mass is 468 g/mol. The van der Waals surface area contributed by atoms with E-state index < -0.39 is 66.1 Å². The minimum absolute atomic E-state index is 0.0170. The minimum Gasteiger partial charge on any atom is -0.463 e. The fourth-order valence-electron chi connectivity index (χ4n) is 3.25. The molecule has 180 valence electrons. The molecule has 0 unspecified atom stereocenters. The number of benzene rings is 1. The molecule has 1 aliphatic heterocycles. The standard InChI is InChI=1S/C20H24N2O11/c1-10(23)29-9-16-17(30-11(2)24)18(31-12(3)25)19(32-13(4)26)20(33-16)21-14-7-5-6-8-15(14)22(27)28/h5-8,16-21H,9H2,1-4H3/t16-,17-,18+,19+,20+/m1/s1. The Kier molecular flexibility index (Phi) is 8.68. The summed E-state index contributed by atoms with van der Waals surface area (Å²) < 4.78 is 26.7. The number of nitro groups is 1. The summed E-state index contributed by atoms with van der Waals surface area (Å²) in [5, 5.41) is 14.2. The summed E-state index contributed by atoms with van der Waals surface area (Å²) in [5.74, 6) is -2.99. The SMILES string of the molecule is CC(=O)OC[C@H]1O[C@H](Nc2ccccc2[N+](=O)[O-])[C@@H](OC(C)=O)[C@@H](OC(C)=O)[C@@H]1OC(C)=O. The number of esters is 4. The van der Waals surface area contributed by atoms with E-state index in [2.05, 4.69) is 5.32 Å².